The molecule has 0 aliphatic carbocycles. The zero-order valence-corrected chi connectivity index (χ0v) is 12.1. The third kappa shape index (κ3) is 2.74. The topological polar surface area (TPSA) is 20.3 Å². The highest BCUT2D eigenvalue weighted by molar-refractivity contribution is 7.19. The number of likely N-dealkylation sites (N-methyl/N-ethyl adjacent to an activating group) is 1. The van der Waals surface area contributed by atoms with Gasteiger partial charge in [-0.05, 0) is 30.0 Å². The lowest BCUT2D eigenvalue weighted by molar-refractivity contribution is -0.125. The summed E-state index contributed by atoms with van der Waals surface area (Å²) in [6, 6.07) is 8.33. The summed E-state index contributed by atoms with van der Waals surface area (Å²) >= 11 is 1.75. The summed E-state index contributed by atoms with van der Waals surface area (Å²) < 4.78 is 1.28. The number of aryl methyl sites for hydroxylation is 1. The van der Waals surface area contributed by atoms with E-state index in [-0.39, 0.29) is 18.3 Å². The first kappa shape index (κ1) is 14.7. The molecule has 0 aliphatic heterocycles. The Morgan fingerprint density at radius 2 is 2.11 bits per heavy atom. The summed E-state index contributed by atoms with van der Waals surface area (Å²) in [5, 5.41) is 1.28. The SMILES string of the molecule is C=CC(=O)N(C)Cc1sc2ccccc2c1C.Cl. The molecular formula is C14H16ClNOS. The van der Waals surface area contributed by atoms with Gasteiger partial charge in [0.2, 0.25) is 5.91 Å². The largest absolute Gasteiger partial charge is 0.337 e. The quantitative estimate of drug-likeness (QED) is 0.784. The highest BCUT2D eigenvalue weighted by atomic mass is 35.5. The van der Waals surface area contributed by atoms with Gasteiger partial charge in [0, 0.05) is 16.6 Å². The molecule has 0 radical (unpaired) electrons. The van der Waals surface area contributed by atoms with E-state index in [1.165, 1.54) is 26.6 Å². The van der Waals surface area contributed by atoms with E-state index in [1.54, 1.807) is 23.3 Å². The van der Waals surface area contributed by atoms with Crippen LogP contribution >= 0.6 is 23.7 Å². The average Bonchev–Trinajstić information content (AvgIpc) is 2.66. The summed E-state index contributed by atoms with van der Waals surface area (Å²) in [5.41, 5.74) is 1.27. The molecule has 0 fully saturated rings. The summed E-state index contributed by atoms with van der Waals surface area (Å²) in [5.74, 6) is -0.0399. The first-order chi connectivity index (χ1) is 8.13. The van der Waals surface area contributed by atoms with Crippen LogP contribution in [0.15, 0.2) is 36.9 Å². The van der Waals surface area contributed by atoms with Gasteiger partial charge in [-0.2, -0.15) is 0 Å². The first-order valence-electron chi connectivity index (χ1n) is 5.48. The van der Waals surface area contributed by atoms with Crippen molar-refractivity contribution in [1.82, 2.24) is 4.90 Å². The molecule has 2 nitrogen and oxygen atoms in total. The van der Waals surface area contributed by atoms with Crippen molar-refractivity contribution in [3.8, 4) is 0 Å². The third-order valence-electron chi connectivity index (χ3n) is 2.87. The molecule has 0 N–H and O–H groups in total. The van der Waals surface area contributed by atoms with Crippen molar-refractivity contribution >= 4 is 39.7 Å². The average molecular weight is 282 g/mol. The van der Waals surface area contributed by atoms with E-state index in [9.17, 15) is 4.79 Å². The van der Waals surface area contributed by atoms with E-state index in [0.29, 0.717) is 6.54 Å². The third-order valence-corrected chi connectivity index (χ3v) is 4.13. The number of rotatable bonds is 3. The summed E-state index contributed by atoms with van der Waals surface area (Å²) in [6.07, 6.45) is 1.35. The molecule has 1 amide bonds. The molecule has 0 atom stereocenters. The first-order valence-corrected chi connectivity index (χ1v) is 6.29. The van der Waals surface area contributed by atoms with Crippen LogP contribution in [0.25, 0.3) is 10.1 Å². The lowest BCUT2D eigenvalue weighted by Gasteiger charge is -2.14. The molecule has 0 saturated carbocycles. The Bertz CT molecular complexity index is 576. The highest BCUT2D eigenvalue weighted by Gasteiger charge is 2.11. The summed E-state index contributed by atoms with van der Waals surface area (Å²) in [4.78, 5) is 14.4. The zero-order valence-electron chi connectivity index (χ0n) is 10.5. The molecule has 0 spiro atoms. The molecule has 96 valence electrons. The Kier molecular flexibility index (Phi) is 4.93. The van der Waals surface area contributed by atoms with Gasteiger partial charge in [-0.15, -0.1) is 23.7 Å². The van der Waals surface area contributed by atoms with Crippen LogP contribution < -0.4 is 0 Å². The zero-order chi connectivity index (χ0) is 12.4. The number of thiophene rings is 1. The maximum absolute atomic E-state index is 11.5. The van der Waals surface area contributed by atoms with E-state index in [2.05, 4.69) is 25.6 Å². The molecule has 4 heteroatoms. The molecule has 2 rings (SSSR count). The van der Waals surface area contributed by atoms with Crippen molar-refractivity contribution < 1.29 is 4.79 Å². The maximum atomic E-state index is 11.5. The highest BCUT2D eigenvalue weighted by Crippen LogP contribution is 2.31. The monoisotopic (exact) mass is 281 g/mol. The van der Waals surface area contributed by atoms with Gasteiger partial charge in [0.25, 0.3) is 0 Å². The lowest BCUT2D eigenvalue weighted by Crippen LogP contribution is -2.23. The van der Waals surface area contributed by atoms with E-state index in [4.69, 9.17) is 0 Å². The van der Waals surface area contributed by atoms with Crippen LogP contribution in [-0.2, 0) is 11.3 Å². The fourth-order valence-corrected chi connectivity index (χ4v) is 3.09. The minimum Gasteiger partial charge on any atom is -0.337 e. The summed E-state index contributed by atoms with van der Waals surface area (Å²) in [6.45, 7) is 6.26. The maximum Gasteiger partial charge on any atom is 0.246 e. The Morgan fingerprint density at radius 1 is 1.44 bits per heavy atom. The van der Waals surface area contributed by atoms with Gasteiger partial charge in [-0.1, -0.05) is 24.8 Å². The normalized spacial score (nSPS) is 9.89. The predicted molar refractivity (Wildman–Crippen MR) is 80.5 cm³/mol. The molecule has 0 saturated heterocycles. The molecule has 2 aromatic rings. The van der Waals surface area contributed by atoms with Crippen LogP contribution in [0.5, 0.6) is 0 Å². The Hall–Kier alpha value is -1.32. The van der Waals surface area contributed by atoms with E-state index in [0.717, 1.165) is 0 Å². The van der Waals surface area contributed by atoms with Crippen molar-refractivity contribution in [2.45, 2.75) is 13.5 Å². The second-order valence-electron chi connectivity index (χ2n) is 4.04. The minimum atomic E-state index is -0.0399. The predicted octanol–water partition coefficient (Wildman–Crippen LogP) is 3.78. The van der Waals surface area contributed by atoms with Crippen molar-refractivity contribution in [3.05, 3.63) is 47.4 Å². The van der Waals surface area contributed by atoms with E-state index < -0.39 is 0 Å². The number of hydrogen-bond donors (Lipinski definition) is 0. The Morgan fingerprint density at radius 3 is 2.72 bits per heavy atom. The number of amides is 1. The number of carbonyl (C=O) groups is 1. The van der Waals surface area contributed by atoms with Crippen molar-refractivity contribution in [1.29, 1.82) is 0 Å². The molecule has 1 aromatic heterocycles. The molecule has 1 aromatic carbocycles. The van der Waals surface area contributed by atoms with E-state index in [1.807, 2.05) is 12.1 Å². The van der Waals surface area contributed by atoms with Gasteiger partial charge >= 0.3 is 0 Å². The van der Waals surface area contributed by atoms with Gasteiger partial charge in [-0.3, -0.25) is 4.79 Å². The van der Waals surface area contributed by atoms with Crippen LogP contribution in [-0.4, -0.2) is 17.9 Å². The molecule has 18 heavy (non-hydrogen) atoms. The van der Waals surface area contributed by atoms with Crippen LogP contribution in [0.3, 0.4) is 0 Å². The van der Waals surface area contributed by atoms with Crippen molar-refractivity contribution in [2.75, 3.05) is 7.05 Å². The fourth-order valence-electron chi connectivity index (χ4n) is 1.82. The molecule has 1 heterocycles. The smallest absolute Gasteiger partial charge is 0.246 e. The second kappa shape index (κ2) is 6.03. The number of fused-ring (bicyclic) bond motifs is 1. The van der Waals surface area contributed by atoms with Crippen LogP contribution in [0.1, 0.15) is 10.4 Å². The Labute approximate surface area is 117 Å². The van der Waals surface area contributed by atoms with Crippen molar-refractivity contribution in [3.63, 3.8) is 0 Å². The molecule has 0 aliphatic rings. The van der Waals surface area contributed by atoms with Crippen LogP contribution in [0, 0.1) is 6.92 Å². The van der Waals surface area contributed by atoms with Gasteiger partial charge in [0.05, 0.1) is 6.54 Å². The van der Waals surface area contributed by atoms with Gasteiger partial charge in [0.15, 0.2) is 0 Å². The molecular weight excluding hydrogens is 266 g/mol. The second-order valence-corrected chi connectivity index (χ2v) is 5.18. The van der Waals surface area contributed by atoms with Crippen LogP contribution in [0.4, 0.5) is 0 Å². The number of nitrogens with zero attached hydrogens (tertiary/aromatic N) is 1. The molecule has 0 unspecified atom stereocenters. The standard InChI is InChI=1S/C14H15NOS.ClH/c1-4-14(16)15(3)9-13-10(2)11-7-5-6-8-12(11)17-13;/h4-8H,1,9H2,2-3H3;1H. The number of halogens is 1. The van der Waals surface area contributed by atoms with Gasteiger partial charge in [0.1, 0.15) is 0 Å². The minimum absolute atomic E-state index is 0. The fraction of sp³-hybridized carbons (Fsp3) is 0.214. The number of hydrogen-bond acceptors (Lipinski definition) is 2. The Balaban J connectivity index is 0.00000162. The number of benzene rings is 1. The molecule has 0 bridgehead atoms. The van der Waals surface area contributed by atoms with Crippen LogP contribution in [0.2, 0.25) is 0 Å². The summed E-state index contributed by atoms with van der Waals surface area (Å²) in [7, 11) is 1.80. The van der Waals surface area contributed by atoms with E-state index >= 15 is 0 Å². The number of carbonyl (C=O) groups excluding carboxylic acids is 1. The lowest BCUT2D eigenvalue weighted by atomic mass is 10.1. The van der Waals surface area contributed by atoms with Crippen molar-refractivity contribution in [2.24, 2.45) is 0 Å². The van der Waals surface area contributed by atoms with Gasteiger partial charge in [-0.25, -0.2) is 0 Å². The van der Waals surface area contributed by atoms with Gasteiger partial charge < -0.3 is 4.90 Å².